The molecule has 3 rings (SSSR count). The average molecular weight is 320 g/mol. The first-order chi connectivity index (χ1) is 10.1. The van der Waals surface area contributed by atoms with Crippen LogP contribution in [-0.4, -0.2) is 19.9 Å². The molecule has 108 valence electrons. The third-order valence-electron chi connectivity index (χ3n) is 3.16. The van der Waals surface area contributed by atoms with Gasteiger partial charge in [-0.05, 0) is 42.5 Å². The van der Waals surface area contributed by atoms with E-state index in [1.807, 2.05) is 18.2 Å². The van der Waals surface area contributed by atoms with Crippen LogP contribution >= 0.6 is 11.6 Å². The van der Waals surface area contributed by atoms with Gasteiger partial charge in [0.25, 0.3) is 0 Å². The Morgan fingerprint density at radius 2 is 1.95 bits per heavy atom. The number of nitrogens with zero attached hydrogens (tertiary/aromatic N) is 1. The first-order valence-electron chi connectivity index (χ1n) is 6.50. The van der Waals surface area contributed by atoms with Crippen molar-refractivity contribution >= 4 is 39.1 Å². The Balaban J connectivity index is 1.71. The lowest BCUT2D eigenvalue weighted by molar-refractivity contribution is 0.681. The van der Waals surface area contributed by atoms with Gasteiger partial charge in [0.2, 0.25) is 0 Å². The monoisotopic (exact) mass is 319 g/mol. The van der Waals surface area contributed by atoms with Gasteiger partial charge in [-0.15, -0.1) is 0 Å². The van der Waals surface area contributed by atoms with Gasteiger partial charge in [0.15, 0.2) is 0 Å². The molecule has 6 heteroatoms. The molecule has 0 saturated carbocycles. The molecule has 0 amide bonds. The van der Waals surface area contributed by atoms with E-state index in [0.717, 1.165) is 21.8 Å². The highest BCUT2D eigenvalue weighted by atomic mass is 35.5. The van der Waals surface area contributed by atoms with Crippen LogP contribution in [0.15, 0.2) is 47.4 Å². The van der Waals surface area contributed by atoms with Crippen molar-refractivity contribution in [2.75, 3.05) is 11.5 Å². The van der Waals surface area contributed by atoms with Crippen molar-refractivity contribution in [3.63, 3.8) is 0 Å². The molecule has 0 bridgehead atoms. The first-order valence-corrected chi connectivity index (χ1v) is 8.19. The van der Waals surface area contributed by atoms with Crippen molar-refractivity contribution in [2.45, 2.75) is 11.3 Å². The Morgan fingerprint density at radius 3 is 2.71 bits per heavy atom. The maximum Gasteiger partial charge on any atom is 0.108 e. The molecule has 0 aliphatic heterocycles. The van der Waals surface area contributed by atoms with E-state index in [2.05, 4.69) is 9.97 Å². The molecule has 1 unspecified atom stereocenters. The Bertz CT molecular complexity index is 798. The number of benzene rings is 2. The van der Waals surface area contributed by atoms with Crippen molar-refractivity contribution in [2.24, 2.45) is 0 Å². The maximum absolute atomic E-state index is 12.2. The highest BCUT2D eigenvalue weighted by Crippen LogP contribution is 2.16. The summed E-state index contributed by atoms with van der Waals surface area (Å²) >= 11 is 5.82. The molecule has 1 aromatic heterocycles. The molecule has 0 radical (unpaired) electrons. The number of aromatic nitrogens is 2. The van der Waals surface area contributed by atoms with Crippen LogP contribution in [0, 0.1) is 0 Å². The average Bonchev–Trinajstić information content (AvgIpc) is 2.87. The van der Waals surface area contributed by atoms with Gasteiger partial charge in [0.1, 0.15) is 5.82 Å². The normalized spacial score (nSPS) is 12.6. The van der Waals surface area contributed by atoms with Gasteiger partial charge in [-0.25, -0.2) is 4.98 Å². The highest BCUT2D eigenvalue weighted by molar-refractivity contribution is 7.85. The fraction of sp³-hybridized carbons (Fsp3) is 0.133. The molecule has 0 aliphatic rings. The van der Waals surface area contributed by atoms with E-state index >= 15 is 0 Å². The molecule has 2 aromatic carbocycles. The van der Waals surface area contributed by atoms with Gasteiger partial charge in [0, 0.05) is 27.8 Å². The number of nitrogens with two attached hydrogens (primary N) is 1. The van der Waals surface area contributed by atoms with Gasteiger partial charge in [-0.2, -0.15) is 0 Å². The van der Waals surface area contributed by atoms with Crippen LogP contribution in [-0.2, 0) is 17.2 Å². The van der Waals surface area contributed by atoms with Crippen LogP contribution < -0.4 is 5.73 Å². The van der Waals surface area contributed by atoms with Gasteiger partial charge in [0.05, 0.1) is 21.8 Å². The van der Waals surface area contributed by atoms with Crippen LogP contribution in [0.5, 0.6) is 0 Å². The molecule has 0 spiro atoms. The minimum absolute atomic E-state index is 0.511. The molecule has 0 aliphatic carbocycles. The van der Waals surface area contributed by atoms with E-state index in [1.165, 1.54) is 0 Å². The number of H-pyrrole nitrogens is 1. The number of nitrogen functional groups attached to an aromatic ring is 1. The molecule has 3 N–H and O–H groups in total. The number of hydrogen-bond acceptors (Lipinski definition) is 3. The topological polar surface area (TPSA) is 71.8 Å². The highest BCUT2D eigenvalue weighted by Gasteiger charge is 2.07. The minimum Gasteiger partial charge on any atom is -0.399 e. The molecule has 1 atom stereocenters. The molecular formula is C15H14ClN3OS. The summed E-state index contributed by atoms with van der Waals surface area (Å²) in [4.78, 5) is 8.45. The van der Waals surface area contributed by atoms with E-state index in [0.29, 0.717) is 22.9 Å². The number of halogens is 1. The van der Waals surface area contributed by atoms with Gasteiger partial charge >= 0.3 is 0 Å². The Labute approximate surface area is 129 Å². The SMILES string of the molecule is Nc1ccc2nc(CCS(=O)c3ccc(Cl)cc3)[nH]c2c1. The molecule has 21 heavy (non-hydrogen) atoms. The predicted molar refractivity (Wildman–Crippen MR) is 86.9 cm³/mol. The van der Waals surface area contributed by atoms with Crippen LogP contribution in [0.2, 0.25) is 5.02 Å². The van der Waals surface area contributed by atoms with E-state index in [1.54, 1.807) is 24.3 Å². The van der Waals surface area contributed by atoms with Crippen molar-refractivity contribution < 1.29 is 4.21 Å². The summed E-state index contributed by atoms with van der Waals surface area (Å²) in [6.07, 6.45) is 0.615. The van der Waals surface area contributed by atoms with Crippen molar-refractivity contribution in [1.82, 2.24) is 9.97 Å². The maximum atomic E-state index is 12.2. The molecule has 1 heterocycles. The number of nitrogens with one attached hydrogen (secondary N) is 1. The summed E-state index contributed by atoms with van der Waals surface area (Å²) in [5, 5.41) is 0.644. The largest absolute Gasteiger partial charge is 0.399 e. The second-order valence-corrected chi connectivity index (χ2v) is 6.72. The zero-order valence-corrected chi connectivity index (χ0v) is 12.7. The van der Waals surface area contributed by atoms with Crippen molar-refractivity contribution in [3.8, 4) is 0 Å². The second kappa shape index (κ2) is 5.87. The van der Waals surface area contributed by atoms with Gasteiger partial charge < -0.3 is 10.7 Å². The number of imidazole rings is 1. The van der Waals surface area contributed by atoms with Crippen LogP contribution in [0.25, 0.3) is 11.0 Å². The minimum atomic E-state index is -1.06. The van der Waals surface area contributed by atoms with Gasteiger partial charge in [-0.1, -0.05) is 11.6 Å². The predicted octanol–water partition coefficient (Wildman–Crippen LogP) is 3.15. The first kappa shape index (κ1) is 14.1. The number of rotatable bonds is 4. The Kier molecular flexibility index (Phi) is 3.94. The third kappa shape index (κ3) is 3.25. The smallest absolute Gasteiger partial charge is 0.108 e. The third-order valence-corrected chi connectivity index (χ3v) is 4.78. The van der Waals surface area contributed by atoms with E-state index in [4.69, 9.17) is 17.3 Å². The Hall–Kier alpha value is -1.85. The number of anilines is 1. The fourth-order valence-corrected chi connectivity index (χ4v) is 3.27. The summed E-state index contributed by atoms with van der Waals surface area (Å²) in [6, 6.07) is 12.6. The summed E-state index contributed by atoms with van der Waals surface area (Å²) < 4.78 is 12.2. The van der Waals surface area contributed by atoms with Crippen LogP contribution in [0.4, 0.5) is 5.69 Å². The molecule has 0 saturated heterocycles. The quantitative estimate of drug-likeness (QED) is 0.726. The number of aromatic amines is 1. The van der Waals surface area contributed by atoms with Crippen molar-refractivity contribution in [1.29, 1.82) is 0 Å². The second-order valence-electron chi connectivity index (χ2n) is 4.71. The summed E-state index contributed by atoms with van der Waals surface area (Å²) in [5.74, 6) is 1.33. The summed E-state index contributed by atoms with van der Waals surface area (Å²) in [7, 11) is -1.06. The standard InChI is InChI=1S/C15H14ClN3OS/c16-10-1-4-12(5-2-10)21(20)8-7-15-18-13-6-3-11(17)9-14(13)19-15/h1-6,9H,7-8,17H2,(H,18,19). The number of fused-ring (bicyclic) bond motifs is 1. The zero-order valence-electron chi connectivity index (χ0n) is 11.2. The van der Waals surface area contributed by atoms with E-state index < -0.39 is 10.8 Å². The summed E-state index contributed by atoms with van der Waals surface area (Å²) in [6.45, 7) is 0. The Morgan fingerprint density at radius 1 is 1.19 bits per heavy atom. The van der Waals surface area contributed by atoms with E-state index in [9.17, 15) is 4.21 Å². The number of aryl methyl sites for hydroxylation is 1. The lowest BCUT2D eigenvalue weighted by Gasteiger charge is -2.01. The van der Waals surface area contributed by atoms with Crippen LogP contribution in [0.1, 0.15) is 5.82 Å². The molecular weight excluding hydrogens is 306 g/mol. The van der Waals surface area contributed by atoms with E-state index in [-0.39, 0.29) is 0 Å². The van der Waals surface area contributed by atoms with Crippen LogP contribution in [0.3, 0.4) is 0 Å². The molecule has 4 nitrogen and oxygen atoms in total. The molecule has 0 fully saturated rings. The fourth-order valence-electron chi connectivity index (χ4n) is 2.09. The van der Waals surface area contributed by atoms with Crippen molar-refractivity contribution in [3.05, 3.63) is 53.3 Å². The number of hydrogen-bond donors (Lipinski definition) is 2. The molecule has 3 aromatic rings. The lowest BCUT2D eigenvalue weighted by Crippen LogP contribution is -2.02. The zero-order chi connectivity index (χ0) is 14.8. The lowest BCUT2D eigenvalue weighted by atomic mass is 10.3. The van der Waals surface area contributed by atoms with Gasteiger partial charge in [-0.3, -0.25) is 4.21 Å². The summed E-state index contributed by atoms with van der Waals surface area (Å²) in [5.41, 5.74) is 8.21.